The molecule has 2 unspecified atom stereocenters. The zero-order valence-corrected chi connectivity index (χ0v) is 9.46. The Bertz CT molecular complexity index is 226. The van der Waals surface area contributed by atoms with Crippen LogP contribution in [0.3, 0.4) is 0 Å². The highest BCUT2D eigenvalue weighted by Gasteiger charge is 2.26. The van der Waals surface area contributed by atoms with Crippen LogP contribution in [0.2, 0.25) is 0 Å². The summed E-state index contributed by atoms with van der Waals surface area (Å²) < 4.78 is 0. The number of amides is 1. The first kappa shape index (κ1) is 10.9. The predicted molar refractivity (Wildman–Crippen MR) is 59.6 cm³/mol. The first-order chi connectivity index (χ1) is 7.27. The van der Waals surface area contributed by atoms with Crippen molar-refractivity contribution in [3.8, 4) is 0 Å². The number of hydrogen-bond donors (Lipinski definition) is 2. The summed E-state index contributed by atoms with van der Waals surface area (Å²) in [5, 5.41) is 6.74. The summed E-state index contributed by atoms with van der Waals surface area (Å²) in [6.45, 7) is 6.64. The lowest BCUT2D eigenvalue weighted by atomic mass is 10.1. The van der Waals surface area contributed by atoms with E-state index in [0.29, 0.717) is 11.9 Å². The van der Waals surface area contributed by atoms with Crippen molar-refractivity contribution < 1.29 is 4.79 Å². The van der Waals surface area contributed by atoms with Crippen LogP contribution in [0, 0.1) is 5.92 Å². The van der Waals surface area contributed by atoms with E-state index in [1.54, 1.807) is 0 Å². The maximum absolute atomic E-state index is 12.0. The van der Waals surface area contributed by atoms with Crippen molar-refractivity contribution >= 4 is 5.91 Å². The van der Waals surface area contributed by atoms with Crippen molar-refractivity contribution in [2.45, 2.75) is 25.8 Å². The van der Waals surface area contributed by atoms with Crippen molar-refractivity contribution in [3.63, 3.8) is 0 Å². The molecule has 4 nitrogen and oxygen atoms in total. The Morgan fingerprint density at radius 2 is 2.33 bits per heavy atom. The summed E-state index contributed by atoms with van der Waals surface area (Å²) in [5.74, 6) is 0.447. The lowest BCUT2D eigenvalue weighted by Crippen LogP contribution is -2.43. The van der Waals surface area contributed by atoms with E-state index in [4.69, 9.17) is 0 Å². The molecule has 2 aliphatic rings. The van der Waals surface area contributed by atoms with Crippen LogP contribution in [-0.2, 0) is 4.79 Å². The number of carbonyl (C=O) groups is 1. The molecule has 0 aromatic heterocycles. The summed E-state index contributed by atoms with van der Waals surface area (Å²) in [4.78, 5) is 14.0. The highest BCUT2D eigenvalue weighted by molar-refractivity contribution is 5.79. The van der Waals surface area contributed by atoms with E-state index < -0.39 is 0 Å². The standard InChI is InChI=1S/C11H21N3O/c1-9-7-12-5-6-14(11(9)15)8-10-3-2-4-13-10/h9-10,12-13H,2-8H2,1H3. The van der Waals surface area contributed by atoms with Crippen molar-refractivity contribution in [2.75, 3.05) is 32.7 Å². The third-order valence-electron chi connectivity index (χ3n) is 3.35. The second kappa shape index (κ2) is 4.94. The van der Waals surface area contributed by atoms with Gasteiger partial charge in [-0.15, -0.1) is 0 Å². The summed E-state index contributed by atoms with van der Waals surface area (Å²) in [6, 6.07) is 0.527. The van der Waals surface area contributed by atoms with E-state index >= 15 is 0 Å². The minimum atomic E-state index is 0.133. The Labute approximate surface area is 91.4 Å². The van der Waals surface area contributed by atoms with Gasteiger partial charge in [-0.3, -0.25) is 4.79 Å². The molecule has 2 rings (SSSR count). The molecular weight excluding hydrogens is 190 g/mol. The average molecular weight is 211 g/mol. The largest absolute Gasteiger partial charge is 0.340 e. The van der Waals surface area contributed by atoms with E-state index in [2.05, 4.69) is 10.6 Å². The zero-order chi connectivity index (χ0) is 10.7. The fourth-order valence-electron chi connectivity index (χ4n) is 2.40. The first-order valence-electron chi connectivity index (χ1n) is 6.00. The number of nitrogens with one attached hydrogen (secondary N) is 2. The van der Waals surface area contributed by atoms with Crippen molar-refractivity contribution in [1.82, 2.24) is 15.5 Å². The minimum absolute atomic E-state index is 0.133. The predicted octanol–water partition coefficient (Wildman–Crippen LogP) is -0.194. The molecule has 0 saturated carbocycles. The SMILES string of the molecule is CC1CNCCN(CC2CCCN2)C1=O. The summed E-state index contributed by atoms with van der Waals surface area (Å²) in [5.41, 5.74) is 0. The Balaban J connectivity index is 1.90. The Hall–Kier alpha value is -0.610. The van der Waals surface area contributed by atoms with Gasteiger partial charge in [0.2, 0.25) is 5.91 Å². The molecule has 15 heavy (non-hydrogen) atoms. The molecule has 2 fully saturated rings. The van der Waals surface area contributed by atoms with E-state index in [0.717, 1.165) is 32.7 Å². The van der Waals surface area contributed by atoms with E-state index in [1.165, 1.54) is 12.8 Å². The molecule has 2 N–H and O–H groups in total. The Morgan fingerprint density at radius 1 is 1.47 bits per heavy atom. The second-order valence-electron chi connectivity index (χ2n) is 4.68. The molecule has 4 heteroatoms. The van der Waals surface area contributed by atoms with Gasteiger partial charge in [-0.05, 0) is 19.4 Å². The Kier molecular flexibility index (Phi) is 3.59. The third-order valence-corrected chi connectivity index (χ3v) is 3.35. The van der Waals surface area contributed by atoms with Crippen molar-refractivity contribution in [2.24, 2.45) is 5.92 Å². The number of rotatable bonds is 2. The minimum Gasteiger partial charge on any atom is -0.340 e. The van der Waals surface area contributed by atoms with Crippen LogP contribution in [0.15, 0.2) is 0 Å². The van der Waals surface area contributed by atoms with Crippen LogP contribution in [0.25, 0.3) is 0 Å². The van der Waals surface area contributed by atoms with Crippen LogP contribution in [0.4, 0.5) is 0 Å². The summed E-state index contributed by atoms with van der Waals surface area (Å²) >= 11 is 0. The average Bonchev–Trinajstić information content (AvgIpc) is 2.68. The molecular formula is C11H21N3O. The third kappa shape index (κ3) is 2.69. The van der Waals surface area contributed by atoms with Gasteiger partial charge < -0.3 is 15.5 Å². The van der Waals surface area contributed by atoms with Gasteiger partial charge in [0.05, 0.1) is 0 Å². The van der Waals surface area contributed by atoms with Crippen LogP contribution < -0.4 is 10.6 Å². The van der Waals surface area contributed by atoms with Gasteiger partial charge in [0, 0.05) is 38.1 Å². The molecule has 0 aliphatic carbocycles. The molecule has 2 aliphatic heterocycles. The van der Waals surface area contributed by atoms with Gasteiger partial charge in [0.25, 0.3) is 0 Å². The molecule has 0 spiro atoms. The van der Waals surface area contributed by atoms with Crippen molar-refractivity contribution in [1.29, 1.82) is 0 Å². The topological polar surface area (TPSA) is 44.4 Å². The smallest absolute Gasteiger partial charge is 0.226 e. The number of hydrogen-bond acceptors (Lipinski definition) is 3. The lowest BCUT2D eigenvalue weighted by Gasteiger charge is -2.25. The highest BCUT2D eigenvalue weighted by atomic mass is 16.2. The molecule has 0 aromatic carbocycles. The fourth-order valence-corrected chi connectivity index (χ4v) is 2.40. The molecule has 2 atom stereocenters. The van der Waals surface area contributed by atoms with Gasteiger partial charge in [0.15, 0.2) is 0 Å². The molecule has 86 valence electrons. The monoisotopic (exact) mass is 211 g/mol. The Morgan fingerprint density at radius 3 is 3.07 bits per heavy atom. The maximum atomic E-state index is 12.0. The normalized spacial score (nSPS) is 33.1. The number of nitrogens with zero attached hydrogens (tertiary/aromatic N) is 1. The van der Waals surface area contributed by atoms with Crippen LogP contribution in [-0.4, -0.2) is 49.6 Å². The fraction of sp³-hybridized carbons (Fsp3) is 0.909. The van der Waals surface area contributed by atoms with Gasteiger partial charge in [-0.2, -0.15) is 0 Å². The molecule has 2 saturated heterocycles. The van der Waals surface area contributed by atoms with Gasteiger partial charge >= 0.3 is 0 Å². The molecule has 0 bridgehead atoms. The van der Waals surface area contributed by atoms with E-state index in [9.17, 15) is 4.79 Å². The molecule has 0 radical (unpaired) electrons. The van der Waals surface area contributed by atoms with Crippen LogP contribution in [0.5, 0.6) is 0 Å². The quantitative estimate of drug-likeness (QED) is 0.665. The van der Waals surface area contributed by atoms with Gasteiger partial charge in [-0.1, -0.05) is 6.92 Å². The number of carbonyl (C=O) groups excluding carboxylic acids is 1. The summed E-state index contributed by atoms with van der Waals surface area (Å²) in [7, 11) is 0. The van der Waals surface area contributed by atoms with Gasteiger partial charge in [-0.25, -0.2) is 0 Å². The maximum Gasteiger partial charge on any atom is 0.226 e. The van der Waals surface area contributed by atoms with Crippen LogP contribution >= 0.6 is 0 Å². The van der Waals surface area contributed by atoms with E-state index in [-0.39, 0.29) is 5.92 Å². The molecule has 0 aromatic rings. The zero-order valence-electron chi connectivity index (χ0n) is 9.46. The molecule has 2 heterocycles. The molecule has 1 amide bonds. The highest BCUT2D eigenvalue weighted by Crippen LogP contribution is 2.10. The van der Waals surface area contributed by atoms with Crippen LogP contribution in [0.1, 0.15) is 19.8 Å². The lowest BCUT2D eigenvalue weighted by molar-refractivity contribution is -0.134. The van der Waals surface area contributed by atoms with Crippen molar-refractivity contribution in [3.05, 3.63) is 0 Å². The second-order valence-corrected chi connectivity index (χ2v) is 4.68. The van der Waals surface area contributed by atoms with Gasteiger partial charge in [0.1, 0.15) is 0 Å². The summed E-state index contributed by atoms with van der Waals surface area (Å²) in [6.07, 6.45) is 2.46. The van der Waals surface area contributed by atoms with E-state index in [1.807, 2.05) is 11.8 Å². The first-order valence-corrected chi connectivity index (χ1v) is 6.00.